The van der Waals surface area contributed by atoms with Crippen molar-refractivity contribution in [3.05, 3.63) is 28.7 Å². The number of halogens is 2. The van der Waals surface area contributed by atoms with Crippen LogP contribution >= 0.6 is 27.5 Å². The van der Waals surface area contributed by atoms with Crippen LogP contribution in [-0.4, -0.2) is 34.1 Å². The number of alkyl halides is 1. The molecule has 0 spiro atoms. The predicted octanol–water partition coefficient (Wildman–Crippen LogP) is 1.98. The highest BCUT2D eigenvalue weighted by atomic mass is 79.9. The zero-order valence-electron chi connectivity index (χ0n) is 9.19. The van der Waals surface area contributed by atoms with Gasteiger partial charge in [0, 0.05) is 17.5 Å². The summed E-state index contributed by atoms with van der Waals surface area (Å²) in [6.45, 7) is 0.235. The molecule has 0 amide bonds. The minimum absolute atomic E-state index is 0.156. The first-order valence-corrected chi connectivity index (χ1v) is 7.63. The molecule has 96 valence electrons. The first kappa shape index (κ1) is 14.9. The van der Waals surface area contributed by atoms with E-state index in [1.807, 2.05) is 0 Å². The number of sulfonamides is 1. The molecular weight excluding hydrogens is 330 g/mol. The minimum atomic E-state index is -3.55. The lowest BCUT2D eigenvalue weighted by atomic mass is 10.4. The molecule has 0 saturated carbocycles. The van der Waals surface area contributed by atoms with Crippen LogP contribution in [0.1, 0.15) is 0 Å². The van der Waals surface area contributed by atoms with E-state index in [-0.39, 0.29) is 17.4 Å². The smallest absolute Gasteiger partial charge is 0.240 e. The van der Waals surface area contributed by atoms with Gasteiger partial charge >= 0.3 is 0 Å². The maximum atomic E-state index is 11.9. The van der Waals surface area contributed by atoms with Crippen LogP contribution in [0.3, 0.4) is 0 Å². The summed E-state index contributed by atoms with van der Waals surface area (Å²) in [6, 6.07) is 5.94. The van der Waals surface area contributed by atoms with Crippen molar-refractivity contribution in [2.24, 2.45) is 0 Å². The van der Waals surface area contributed by atoms with Crippen molar-refractivity contribution < 1.29 is 13.2 Å². The van der Waals surface area contributed by atoms with Gasteiger partial charge in [0.15, 0.2) is 0 Å². The molecule has 0 aliphatic rings. The topological polar surface area (TPSA) is 55.4 Å². The number of nitrogens with one attached hydrogen (secondary N) is 1. The SMILES string of the molecule is COCC(CCl)NS(=O)(=O)c1ccc(Br)cc1. The molecule has 0 aliphatic heterocycles. The maximum absolute atomic E-state index is 11.9. The molecule has 1 N–H and O–H groups in total. The fourth-order valence-corrected chi connectivity index (χ4v) is 2.96. The Labute approximate surface area is 114 Å². The molecule has 0 bridgehead atoms. The third kappa shape index (κ3) is 4.56. The predicted molar refractivity (Wildman–Crippen MR) is 70.8 cm³/mol. The Morgan fingerprint density at radius 1 is 1.41 bits per heavy atom. The summed E-state index contributed by atoms with van der Waals surface area (Å²) >= 11 is 8.90. The van der Waals surface area contributed by atoms with E-state index in [4.69, 9.17) is 16.3 Å². The number of methoxy groups -OCH3 is 1. The number of ether oxygens (including phenoxy) is 1. The molecule has 0 fully saturated rings. The molecule has 4 nitrogen and oxygen atoms in total. The monoisotopic (exact) mass is 341 g/mol. The van der Waals surface area contributed by atoms with Crippen LogP contribution in [0, 0.1) is 0 Å². The molecule has 1 unspecified atom stereocenters. The highest BCUT2D eigenvalue weighted by Crippen LogP contribution is 2.14. The molecule has 1 aromatic rings. The highest BCUT2D eigenvalue weighted by Gasteiger charge is 2.19. The molecule has 7 heteroatoms. The van der Waals surface area contributed by atoms with E-state index in [0.717, 1.165) is 4.47 Å². The zero-order valence-corrected chi connectivity index (χ0v) is 12.3. The lowest BCUT2D eigenvalue weighted by Gasteiger charge is -2.15. The van der Waals surface area contributed by atoms with Gasteiger partial charge < -0.3 is 4.74 Å². The average molecular weight is 343 g/mol. The fraction of sp³-hybridized carbons (Fsp3) is 0.400. The van der Waals surface area contributed by atoms with Crippen molar-refractivity contribution in [1.29, 1.82) is 0 Å². The van der Waals surface area contributed by atoms with Crippen molar-refractivity contribution in [2.45, 2.75) is 10.9 Å². The van der Waals surface area contributed by atoms with E-state index in [1.54, 1.807) is 12.1 Å². The number of rotatable bonds is 6. The van der Waals surface area contributed by atoms with Crippen molar-refractivity contribution in [2.75, 3.05) is 19.6 Å². The van der Waals surface area contributed by atoms with Crippen molar-refractivity contribution in [3.8, 4) is 0 Å². The van der Waals surface area contributed by atoms with Crippen LogP contribution in [0.4, 0.5) is 0 Å². The molecule has 0 aromatic heterocycles. The van der Waals surface area contributed by atoms with Crippen LogP contribution in [-0.2, 0) is 14.8 Å². The Hall–Kier alpha value is -0.140. The van der Waals surface area contributed by atoms with Gasteiger partial charge in [-0.1, -0.05) is 15.9 Å². The number of benzene rings is 1. The van der Waals surface area contributed by atoms with E-state index in [1.165, 1.54) is 19.2 Å². The van der Waals surface area contributed by atoms with E-state index in [2.05, 4.69) is 20.7 Å². The van der Waals surface area contributed by atoms with Crippen LogP contribution < -0.4 is 4.72 Å². The van der Waals surface area contributed by atoms with E-state index < -0.39 is 16.1 Å². The second-order valence-electron chi connectivity index (χ2n) is 3.38. The molecule has 0 radical (unpaired) electrons. The summed E-state index contributed by atoms with van der Waals surface area (Å²) in [5.74, 6) is 0.156. The summed E-state index contributed by atoms with van der Waals surface area (Å²) in [5.41, 5.74) is 0. The van der Waals surface area contributed by atoms with Crippen LogP contribution in [0.15, 0.2) is 33.6 Å². The Morgan fingerprint density at radius 2 is 2.00 bits per heavy atom. The summed E-state index contributed by atoms with van der Waals surface area (Å²) < 4.78 is 32.1. The Kier molecular flexibility index (Phi) is 5.88. The van der Waals surface area contributed by atoms with Gasteiger partial charge in [-0.2, -0.15) is 0 Å². The van der Waals surface area contributed by atoms with Crippen LogP contribution in [0.25, 0.3) is 0 Å². The summed E-state index contributed by atoms with van der Waals surface area (Å²) in [5, 5.41) is 0. The van der Waals surface area contributed by atoms with E-state index in [0.29, 0.717) is 0 Å². The highest BCUT2D eigenvalue weighted by molar-refractivity contribution is 9.10. The molecule has 17 heavy (non-hydrogen) atoms. The fourth-order valence-electron chi connectivity index (χ4n) is 1.21. The van der Waals surface area contributed by atoms with Crippen LogP contribution in [0.2, 0.25) is 0 Å². The third-order valence-electron chi connectivity index (χ3n) is 2.00. The Bertz CT molecular complexity index is 449. The van der Waals surface area contributed by atoms with E-state index in [9.17, 15) is 8.42 Å². The van der Waals surface area contributed by atoms with Gasteiger partial charge in [0.2, 0.25) is 10.0 Å². The molecule has 1 atom stereocenters. The largest absolute Gasteiger partial charge is 0.383 e. The second-order valence-corrected chi connectivity index (χ2v) is 6.32. The molecule has 0 heterocycles. The van der Waals surface area contributed by atoms with Crippen molar-refractivity contribution >= 4 is 37.6 Å². The molecular formula is C10H13BrClNO3S. The van der Waals surface area contributed by atoms with E-state index >= 15 is 0 Å². The maximum Gasteiger partial charge on any atom is 0.240 e. The van der Waals surface area contributed by atoms with Gasteiger partial charge in [-0.05, 0) is 24.3 Å². The standard InChI is InChI=1S/C10H13BrClNO3S/c1-16-7-9(6-12)13-17(14,15)10-4-2-8(11)3-5-10/h2-5,9,13H,6-7H2,1H3. The number of hydrogen-bond donors (Lipinski definition) is 1. The molecule has 1 rings (SSSR count). The lowest BCUT2D eigenvalue weighted by molar-refractivity contribution is 0.181. The van der Waals surface area contributed by atoms with Gasteiger partial charge in [0.05, 0.1) is 17.5 Å². The molecule has 0 aliphatic carbocycles. The van der Waals surface area contributed by atoms with Gasteiger partial charge in [-0.25, -0.2) is 13.1 Å². The average Bonchev–Trinajstić information content (AvgIpc) is 2.28. The first-order chi connectivity index (χ1) is 7.99. The van der Waals surface area contributed by atoms with Gasteiger partial charge in [-0.3, -0.25) is 0 Å². The summed E-state index contributed by atoms with van der Waals surface area (Å²) in [6.07, 6.45) is 0. The molecule has 0 saturated heterocycles. The molecule has 1 aromatic carbocycles. The van der Waals surface area contributed by atoms with Gasteiger partial charge in [-0.15, -0.1) is 11.6 Å². The minimum Gasteiger partial charge on any atom is -0.383 e. The van der Waals surface area contributed by atoms with Crippen molar-refractivity contribution in [1.82, 2.24) is 4.72 Å². The third-order valence-corrected chi connectivity index (χ3v) is 4.44. The van der Waals surface area contributed by atoms with Gasteiger partial charge in [0.1, 0.15) is 0 Å². The van der Waals surface area contributed by atoms with Gasteiger partial charge in [0.25, 0.3) is 0 Å². The lowest BCUT2D eigenvalue weighted by Crippen LogP contribution is -2.39. The number of hydrogen-bond acceptors (Lipinski definition) is 3. The quantitative estimate of drug-likeness (QED) is 0.804. The second kappa shape index (κ2) is 6.70. The Balaban J connectivity index is 2.84. The zero-order chi connectivity index (χ0) is 12.9. The van der Waals surface area contributed by atoms with Crippen molar-refractivity contribution in [3.63, 3.8) is 0 Å². The van der Waals surface area contributed by atoms with Crippen LogP contribution in [0.5, 0.6) is 0 Å². The summed E-state index contributed by atoms with van der Waals surface area (Å²) in [4.78, 5) is 0.201. The first-order valence-electron chi connectivity index (χ1n) is 4.82. The summed E-state index contributed by atoms with van der Waals surface area (Å²) in [7, 11) is -2.05. The Morgan fingerprint density at radius 3 is 2.47 bits per heavy atom. The normalized spacial score (nSPS) is 13.6.